The molecule has 0 aliphatic rings. The molecule has 0 saturated heterocycles. The minimum atomic E-state index is -3.37. The Balaban J connectivity index is -0.0000000270. The van der Waals surface area contributed by atoms with Gasteiger partial charge in [0.05, 0.1) is 0 Å². The van der Waals surface area contributed by atoms with Crippen LogP contribution in [0.3, 0.4) is 0 Å². The summed E-state index contributed by atoms with van der Waals surface area (Å²) in [6.07, 6.45) is 0. The van der Waals surface area contributed by atoms with E-state index in [-0.39, 0.29) is 81.7 Å². The van der Waals surface area contributed by atoms with Crippen molar-refractivity contribution in [2.75, 3.05) is 0 Å². The van der Waals surface area contributed by atoms with Crippen molar-refractivity contribution in [3.8, 4) is 0 Å². The molecule has 0 fully saturated rings. The van der Waals surface area contributed by atoms with Crippen molar-refractivity contribution in [1.29, 1.82) is 0 Å². The minimum absolute atomic E-state index is 0. The number of hydrogen-bond acceptors (Lipinski definition) is 9. The summed E-state index contributed by atoms with van der Waals surface area (Å²) in [4.78, 5) is 50.9. The van der Waals surface area contributed by atoms with E-state index < -0.39 is 24.8 Å². The zero-order valence-corrected chi connectivity index (χ0v) is 15.1. The zero-order valence-electron chi connectivity index (χ0n) is 6.02. The summed E-state index contributed by atoms with van der Waals surface area (Å²) >= 11 is 0. The van der Waals surface area contributed by atoms with E-state index in [0.717, 1.165) is 0 Å². The van der Waals surface area contributed by atoms with Gasteiger partial charge in [-0.2, -0.15) is 0 Å². The molecule has 9 nitrogen and oxygen atoms in total. The Morgan fingerprint density at radius 2 is 0.500 bits per heavy atom. The van der Waals surface area contributed by atoms with Gasteiger partial charge >= 0.3 is 81.7 Å². The van der Waals surface area contributed by atoms with Gasteiger partial charge in [0.2, 0.25) is 0 Å². The number of rotatable bonds is 0. The Bertz CT molecular complexity index is 116. The molecule has 14 heteroatoms. The fourth-order valence-corrected chi connectivity index (χ4v) is 0. The molecule has 0 aromatic rings. The van der Waals surface area contributed by atoms with Gasteiger partial charge in [-0.1, -0.05) is 13.7 Å². The van der Waals surface area contributed by atoms with Crippen LogP contribution in [0.2, 0.25) is 0 Å². The Hall–Kier alpha value is 2.76. The van der Waals surface area contributed by atoms with Crippen LogP contribution in [-0.2, 0) is 13.7 Å². The molecular formula is Nd2O9P3+3. The third-order valence-electron chi connectivity index (χ3n) is 0. The predicted molar refractivity (Wildman–Crippen MR) is 22.8 cm³/mol. The molecule has 0 unspecified atom stereocenters. The predicted octanol–water partition coefficient (Wildman–Crippen LogP) is -4.91. The van der Waals surface area contributed by atoms with E-state index >= 15 is 0 Å². The molecule has 2 radical (unpaired) electrons. The molecule has 0 amide bonds. The van der Waals surface area contributed by atoms with E-state index in [1.165, 1.54) is 0 Å². The summed E-state index contributed by atoms with van der Waals surface area (Å²) in [6, 6.07) is 0. The molecule has 0 aromatic heterocycles. The molecule has 0 aliphatic carbocycles. The fourth-order valence-electron chi connectivity index (χ4n) is 0. The normalized spacial score (nSPS) is 5.57. The first kappa shape index (κ1) is 30.1. The van der Waals surface area contributed by atoms with Crippen LogP contribution >= 0.6 is 24.8 Å². The van der Waals surface area contributed by atoms with E-state index in [9.17, 15) is 0 Å². The van der Waals surface area contributed by atoms with Crippen LogP contribution in [-0.4, -0.2) is 0 Å². The van der Waals surface area contributed by atoms with Crippen molar-refractivity contribution in [2.24, 2.45) is 0 Å². The van der Waals surface area contributed by atoms with Gasteiger partial charge < -0.3 is 29.4 Å². The molecule has 74 valence electrons. The monoisotopic (exact) mass is 521 g/mol. The second kappa shape index (κ2) is 24.8. The smallest absolute Gasteiger partial charge is 0.598 e. The van der Waals surface area contributed by atoms with Crippen LogP contribution in [0.1, 0.15) is 0 Å². The molecule has 0 atom stereocenters. The molecule has 0 bridgehead atoms. The summed E-state index contributed by atoms with van der Waals surface area (Å²) in [6.45, 7) is 0. The summed E-state index contributed by atoms with van der Waals surface area (Å²) in [5, 5.41) is 0. The number of hydrogen-bond donors (Lipinski definition) is 0. The zero-order chi connectivity index (χ0) is 10.7. The summed E-state index contributed by atoms with van der Waals surface area (Å²) in [7, 11) is -10.1. The molecule has 0 heterocycles. The van der Waals surface area contributed by atoms with Gasteiger partial charge in [0, 0.05) is 0 Å². The largest absolute Gasteiger partial charge is 3.00 e. The van der Waals surface area contributed by atoms with E-state index in [1.54, 1.807) is 0 Å². The van der Waals surface area contributed by atoms with E-state index in [1.807, 2.05) is 0 Å². The van der Waals surface area contributed by atoms with Crippen LogP contribution in [0.5, 0.6) is 0 Å². The molecule has 0 rings (SSSR count). The van der Waals surface area contributed by atoms with Crippen molar-refractivity contribution in [3.05, 3.63) is 0 Å². The van der Waals surface area contributed by atoms with Crippen molar-refractivity contribution >= 4 is 24.8 Å². The molecule has 0 N–H and O–H groups in total. The van der Waals surface area contributed by atoms with Gasteiger partial charge in [-0.05, 0) is 0 Å². The second-order valence-electron chi connectivity index (χ2n) is 0.671. The van der Waals surface area contributed by atoms with Gasteiger partial charge in [0.15, 0.2) is 0 Å². The Kier molecular flexibility index (Phi) is 53.4. The quantitative estimate of drug-likeness (QED) is 0.279. The first-order valence-electron chi connectivity index (χ1n) is 1.64. The third kappa shape index (κ3) is 367. The Morgan fingerprint density at radius 3 is 0.500 bits per heavy atom. The fraction of sp³-hybridized carbons (Fsp3) is 0. The SMILES string of the molecule is O=[P+]([O-])[O-].O=[P+]([O-])[O-].O=[P+]([O-])[O-].[Nd+3].[Nd+3]. The van der Waals surface area contributed by atoms with Gasteiger partial charge in [0.25, 0.3) is 24.8 Å². The standard InChI is InChI=1S/2Nd.3HO3P/c;;3*1-4(2)3/h;;3*(H,1,2,3)/q2*+3;;;/p-3. The van der Waals surface area contributed by atoms with Gasteiger partial charge in [-0.3, -0.25) is 0 Å². The van der Waals surface area contributed by atoms with Crippen molar-refractivity contribution in [3.63, 3.8) is 0 Å². The van der Waals surface area contributed by atoms with Crippen LogP contribution in [0, 0.1) is 81.7 Å². The maximum atomic E-state index is 8.48. The van der Waals surface area contributed by atoms with E-state index in [4.69, 9.17) is 43.1 Å². The average molecular weight is 525 g/mol. The van der Waals surface area contributed by atoms with Crippen molar-refractivity contribution in [2.45, 2.75) is 0 Å². The average Bonchev–Trinajstić information content (AvgIpc) is 1.54. The van der Waals surface area contributed by atoms with Gasteiger partial charge in [-0.15, -0.1) is 0 Å². The van der Waals surface area contributed by atoms with Gasteiger partial charge in [0.1, 0.15) is 0 Å². The maximum absolute atomic E-state index is 8.48. The Morgan fingerprint density at radius 1 is 0.500 bits per heavy atom. The molecule has 0 aliphatic heterocycles. The van der Waals surface area contributed by atoms with Crippen LogP contribution in [0.4, 0.5) is 0 Å². The van der Waals surface area contributed by atoms with Crippen LogP contribution < -0.4 is 29.4 Å². The molecule has 0 saturated carbocycles. The first-order chi connectivity index (χ1) is 5.20. The van der Waals surface area contributed by atoms with E-state index in [0.29, 0.717) is 0 Å². The van der Waals surface area contributed by atoms with Crippen molar-refractivity contribution < 1.29 is 125 Å². The topological polar surface area (TPSA) is 190 Å². The molecule has 0 spiro atoms. The van der Waals surface area contributed by atoms with Crippen LogP contribution in [0.25, 0.3) is 0 Å². The molecule has 14 heavy (non-hydrogen) atoms. The van der Waals surface area contributed by atoms with Crippen molar-refractivity contribution in [1.82, 2.24) is 0 Å². The summed E-state index contributed by atoms with van der Waals surface area (Å²) < 4.78 is 25.4. The van der Waals surface area contributed by atoms with E-state index in [2.05, 4.69) is 0 Å². The maximum Gasteiger partial charge on any atom is 3.00 e. The third-order valence-corrected chi connectivity index (χ3v) is 0. The Labute approximate surface area is 147 Å². The molecular weight excluding hydrogens is 525 g/mol. The summed E-state index contributed by atoms with van der Waals surface area (Å²) in [5.74, 6) is 0. The molecule has 0 aromatic carbocycles. The second-order valence-corrected chi connectivity index (χ2v) is 2.01. The summed E-state index contributed by atoms with van der Waals surface area (Å²) in [5.41, 5.74) is 0. The van der Waals surface area contributed by atoms with Gasteiger partial charge in [-0.25, -0.2) is 0 Å². The minimum Gasteiger partial charge on any atom is -0.598 e. The first-order valence-corrected chi connectivity index (χ1v) is 4.93. The van der Waals surface area contributed by atoms with Crippen LogP contribution in [0.15, 0.2) is 0 Å².